The molecule has 0 saturated heterocycles. The lowest BCUT2D eigenvalue weighted by molar-refractivity contribution is -0.148. The van der Waals surface area contributed by atoms with Gasteiger partial charge in [0.25, 0.3) is 0 Å². The minimum absolute atomic E-state index is 0.183. The SMILES string of the molecule is O=C(O)C1CC(Oc2ncc(-c3ccc(-c4nc5ccccc5[nH]4)c(F)c3)cn2)C1. The molecule has 1 aliphatic rings. The number of aromatic nitrogens is 4. The van der Waals surface area contributed by atoms with E-state index in [1.54, 1.807) is 24.5 Å². The second-order valence-electron chi connectivity index (χ2n) is 7.30. The molecule has 0 bridgehead atoms. The lowest BCUT2D eigenvalue weighted by Crippen LogP contribution is -2.38. The average molecular weight is 404 g/mol. The summed E-state index contributed by atoms with van der Waals surface area (Å²) in [6.45, 7) is 0. The predicted octanol–water partition coefficient (Wildman–Crippen LogP) is 4.07. The Morgan fingerprint density at radius 2 is 1.87 bits per heavy atom. The number of nitrogens with zero attached hydrogens (tertiary/aromatic N) is 3. The van der Waals surface area contributed by atoms with Crippen LogP contribution in [-0.2, 0) is 4.79 Å². The number of halogens is 1. The molecule has 0 spiro atoms. The van der Waals surface area contributed by atoms with E-state index in [1.165, 1.54) is 6.07 Å². The zero-order valence-electron chi connectivity index (χ0n) is 15.7. The summed E-state index contributed by atoms with van der Waals surface area (Å²) in [7, 11) is 0. The molecule has 4 aromatic rings. The minimum Gasteiger partial charge on any atom is -0.481 e. The van der Waals surface area contributed by atoms with E-state index in [0.29, 0.717) is 35.4 Å². The van der Waals surface area contributed by atoms with Crippen molar-refractivity contribution in [2.24, 2.45) is 5.92 Å². The van der Waals surface area contributed by atoms with Gasteiger partial charge < -0.3 is 14.8 Å². The Morgan fingerprint density at radius 1 is 1.10 bits per heavy atom. The molecule has 2 aromatic heterocycles. The van der Waals surface area contributed by atoms with E-state index in [1.807, 2.05) is 24.3 Å². The maximum atomic E-state index is 14.8. The van der Waals surface area contributed by atoms with Crippen molar-refractivity contribution in [2.45, 2.75) is 18.9 Å². The number of aliphatic carboxylic acids is 1. The van der Waals surface area contributed by atoms with Crippen LogP contribution in [0.15, 0.2) is 54.9 Å². The highest BCUT2D eigenvalue weighted by molar-refractivity contribution is 5.80. The van der Waals surface area contributed by atoms with Gasteiger partial charge in [0.05, 0.1) is 22.5 Å². The summed E-state index contributed by atoms with van der Waals surface area (Å²) in [6.07, 6.45) is 3.85. The third-order valence-electron chi connectivity index (χ3n) is 5.29. The number of imidazole rings is 1. The van der Waals surface area contributed by atoms with Gasteiger partial charge in [0.1, 0.15) is 17.7 Å². The highest BCUT2D eigenvalue weighted by Crippen LogP contribution is 2.31. The number of carbonyl (C=O) groups is 1. The quantitative estimate of drug-likeness (QED) is 0.520. The first-order valence-electron chi connectivity index (χ1n) is 9.53. The average Bonchev–Trinajstić information content (AvgIpc) is 3.14. The van der Waals surface area contributed by atoms with Crippen LogP contribution in [0.1, 0.15) is 12.8 Å². The topological polar surface area (TPSA) is 101 Å². The fourth-order valence-corrected chi connectivity index (χ4v) is 3.51. The molecule has 1 saturated carbocycles. The Kier molecular flexibility index (Phi) is 4.39. The number of aromatic amines is 1. The molecule has 2 aromatic carbocycles. The molecule has 0 radical (unpaired) electrons. The van der Waals surface area contributed by atoms with E-state index in [2.05, 4.69) is 19.9 Å². The largest absolute Gasteiger partial charge is 0.481 e. The second kappa shape index (κ2) is 7.22. The summed E-state index contributed by atoms with van der Waals surface area (Å²) >= 11 is 0. The van der Waals surface area contributed by atoms with Crippen LogP contribution in [0.4, 0.5) is 4.39 Å². The maximum absolute atomic E-state index is 14.8. The Bertz CT molecular complexity index is 1200. The van der Waals surface area contributed by atoms with Crippen molar-refractivity contribution in [3.8, 4) is 28.5 Å². The van der Waals surface area contributed by atoms with Gasteiger partial charge >= 0.3 is 12.0 Å². The lowest BCUT2D eigenvalue weighted by Gasteiger charge is -2.31. The fraction of sp³-hybridized carbons (Fsp3) is 0.182. The van der Waals surface area contributed by atoms with Crippen molar-refractivity contribution >= 4 is 17.0 Å². The monoisotopic (exact) mass is 404 g/mol. The van der Waals surface area contributed by atoms with Crippen molar-refractivity contribution in [2.75, 3.05) is 0 Å². The molecule has 2 heterocycles. The van der Waals surface area contributed by atoms with Gasteiger partial charge in [-0.1, -0.05) is 18.2 Å². The summed E-state index contributed by atoms with van der Waals surface area (Å²) < 4.78 is 20.4. The molecule has 8 heteroatoms. The molecule has 0 unspecified atom stereocenters. The van der Waals surface area contributed by atoms with Crippen LogP contribution in [0.2, 0.25) is 0 Å². The summed E-state index contributed by atoms with van der Waals surface area (Å²) in [5, 5.41) is 8.91. The molecule has 5 rings (SSSR count). The van der Waals surface area contributed by atoms with Crippen molar-refractivity contribution in [1.82, 2.24) is 19.9 Å². The Morgan fingerprint density at radius 3 is 2.57 bits per heavy atom. The molecule has 0 atom stereocenters. The smallest absolute Gasteiger partial charge is 0.316 e. The first kappa shape index (κ1) is 18.2. The van der Waals surface area contributed by atoms with Crippen molar-refractivity contribution in [1.29, 1.82) is 0 Å². The van der Waals surface area contributed by atoms with Crippen molar-refractivity contribution < 1.29 is 19.0 Å². The van der Waals surface area contributed by atoms with Crippen LogP contribution in [0, 0.1) is 11.7 Å². The van der Waals surface area contributed by atoms with Gasteiger partial charge in [0, 0.05) is 18.0 Å². The van der Waals surface area contributed by atoms with Gasteiger partial charge in [-0.3, -0.25) is 4.79 Å². The number of nitrogens with one attached hydrogen (secondary N) is 1. The zero-order valence-corrected chi connectivity index (χ0v) is 15.7. The molecule has 1 aliphatic carbocycles. The van der Waals surface area contributed by atoms with E-state index >= 15 is 0 Å². The van der Waals surface area contributed by atoms with E-state index in [4.69, 9.17) is 9.84 Å². The molecular weight excluding hydrogens is 387 g/mol. The number of rotatable bonds is 5. The van der Waals surface area contributed by atoms with E-state index in [9.17, 15) is 9.18 Å². The van der Waals surface area contributed by atoms with Crippen LogP contribution in [0.25, 0.3) is 33.5 Å². The van der Waals surface area contributed by atoms with Crippen LogP contribution in [0.3, 0.4) is 0 Å². The molecule has 150 valence electrons. The normalized spacial score (nSPS) is 18.2. The van der Waals surface area contributed by atoms with Crippen LogP contribution in [-0.4, -0.2) is 37.1 Å². The van der Waals surface area contributed by atoms with Crippen molar-refractivity contribution in [3.05, 3.63) is 60.7 Å². The molecule has 30 heavy (non-hydrogen) atoms. The maximum Gasteiger partial charge on any atom is 0.316 e. The van der Waals surface area contributed by atoms with Gasteiger partial charge in [-0.05, 0) is 42.7 Å². The second-order valence-corrected chi connectivity index (χ2v) is 7.30. The first-order valence-corrected chi connectivity index (χ1v) is 9.53. The van der Waals surface area contributed by atoms with E-state index < -0.39 is 11.8 Å². The molecule has 0 aliphatic heterocycles. The summed E-state index contributed by atoms with van der Waals surface area (Å²) in [4.78, 5) is 26.7. The lowest BCUT2D eigenvalue weighted by atomic mass is 9.82. The fourth-order valence-electron chi connectivity index (χ4n) is 3.51. The minimum atomic E-state index is -0.806. The summed E-state index contributed by atoms with van der Waals surface area (Å²) in [6, 6.07) is 12.6. The third-order valence-corrected chi connectivity index (χ3v) is 5.29. The van der Waals surface area contributed by atoms with E-state index in [-0.39, 0.29) is 18.0 Å². The number of benzene rings is 2. The van der Waals surface area contributed by atoms with Crippen molar-refractivity contribution in [3.63, 3.8) is 0 Å². The number of para-hydroxylation sites is 2. The number of H-pyrrole nitrogens is 1. The number of carboxylic acids is 1. The number of carboxylic acid groups (broad SMARTS) is 1. The number of ether oxygens (including phenoxy) is 1. The van der Waals surface area contributed by atoms with Gasteiger partial charge in [-0.25, -0.2) is 19.3 Å². The highest BCUT2D eigenvalue weighted by Gasteiger charge is 2.36. The Balaban J connectivity index is 1.32. The van der Waals surface area contributed by atoms with Gasteiger partial charge in [-0.15, -0.1) is 0 Å². The van der Waals surface area contributed by atoms with Gasteiger partial charge in [0.15, 0.2) is 0 Å². The molecule has 7 nitrogen and oxygen atoms in total. The highest BCUT2D eigenvalue weighted by atomic mass is 19.1. The zero-order chi connectivity index (χ0) is 20.7. The van der Waals surface area contributed by atoms with E-state index in [0.717, 1.165) is 11.0 Å². The molecular formula is C22H17FN4O3. The third kappa shape index (κ3) is 3.36. The van der Waals surface area contributed by atoms with Gasteiger partial charge in [-0.2, -0.15) is 0 Å². The number of hydrogen-bond acceptors (Lipinski definition) is 5. The van der Waals surface area contributed by atoms with Gasteiger partial charge in [0.2, 0.25) is 0 Å². The predicted molar refractivity (Wildman–Crippen MR) is 107 cm³/mol. The number of fused-ring (bicyclic) bond motifs is 1. The number of hydrogen-bond donors (Lipinski definition) is 2. The summed E-state index contributed by atoms with van der Waals surface area (Å²) in [5.41, 5.74) is 3.29. The Hall–Kier alpha value is -3.81. The summed E-state index contributed by atoms with van der Waals surface area (Å²) in [5.74, 6) is -1.09. The standard InChI is InChI=1S/C22H17FN4O3/c23-17-9-12(5-6-16(17)20-26-18-3-1-2-4-19(18)27-20)14-10-24-22(25-11-14)30-15-7-13(8-15)21(28)29/h1-6,9-11,13,15H,7-8H2,(H,26,27)(H,28,29). The first-order chi connectivity index (χ1) is 14.6. The molecule has 0 amide bonds. The van der Waals surface area contributed by atoms with Crippen LogP contribution < -0.4 is 4.74 Å². The van der Waals surface area contributed by atoms with Crippen LogP contribution >= 0.6 is 0 Å². The molecule has 1 fully saturated rings. The molecule has 2 N–H and O–H groups in total. The Labute approximate surface area is 170 Å². The van der Waals surface area contributed by atoms with Crippen LogP contribution in [0.5, 0.6) is 6.01 Å².